The molecule has 0 rings (SSSR count). The predicted octanol–water partition coefficient (Wildman–Crippen LogP) is -3.34. The van der Waals surface area contributed by atoms with Gasteiger partial charge in [0.1, 0.15) is 0 Å². The summed E-state index contributed by atoms with van der Waals surface area (Å²) < 4.78 is 5.03. The van der Waals surface area contributed by atoms with Gasteiger partial charge in [-0.15, -0.1) is 0 Å². The molecular formula is C5H14BrNO. The summed E-state index contributed by atoms with van der Waals surface area (Å²) in [6.07, 6.45) is 1.09. The molecular weight excluding hydrogens is 170 g/mol. The van der Waals surface area contributed by atoms with Crippen molar-refractivity contribution in [2.75, 3.05) is 19.8 Å². The number of ether oxygens (including phenoxy) is 1. The second-order valence-corrected chi connectivity index (χ2v) is 1.40. The maximum atomic E-state index is 5.03. The van der Waals surface area contributed by atoms with Gasteiger partial charge in [0.25, 0.3) is 0 Å². The molecule has 0 atom stereocenters. The molecule has 0 aliphatic heterocycles. The van der Waals surface area contributed by atoms with Crippen molar-refractivity contribution in [1.82, 2.24) is 0 Å². The van der Waals surface area contributed by atoms with Crippen LogP contribution in [-0.4, -0.2) is 19.8 Å². The van der Waals surface area contributed by atoms with E-state index in [1.807, 2.05) is 6.92 Å². The van der Waals surface area contributed by atoms with Crippen LogP contribution in [0, 0.1) is 0 Å². The van der Waals surface area contributed by atoms with E-state index in [-0.39, 0.29) is 17.0 Å². The average molecular weight is 184 g/mol. The van der Waals surface area contributed by atoms with Gasteiger partial charge in [0.05, 0.1) is 13.2 Å². The molecule has 0 unspecified atom stereocenters. The molecule has 0 aromatic carbocycles. The normalized spacial score (nSPS) is 8.25. The van der Waals surface area contributed by atoms with Crippen molar-refractivity contribution in [3.05, 3.63) is 0 Å². The number of quaternary nitrogens is 1. The molecule has 3 N–H and O–H groups in total. The largest absolute Gasteiger partial charge is 1.00 e. The molecule has 52 valence electrons. The topological polar surface area (TPSA) is 36.9 Å². The third-order valence-corrected chi connectivity index (χ3v) is 0.743. The minimum atomic E-state index is 0. The minimum absolute atomic E-state index is 0. The van der Waals surface area contributed by atoms with Gasteiger partial charge >= 0.3 is 0 Å². The first-order chi connectivity index (χ1) is 3.41. The Kier molecular flexibility index (Phi) is 14.6. The Balaban J connectivity index is 0. The van der Waals surface area contributed by atoms with Crippen LogP contribution in [0.25, 0.3) is 0 Å². The van der Waals surface area contributed by atoms with Crippen LogP contribution in [0.15, 0.2) is 0 Å². The molecule has 3 heteroatoms. The van der Waals surface area contributed by atoms with Gasteiger partial charge in [-0.3, -0.25) is 0 Å². The van der Waals surface area contributed by atoms with Gasteiger partial charge in [-0.1, -0.05) is 0 Å². The van der Waals surface area contributed by atoms with Gasteiger partial charge in [-0.2, -0.15) is 0 Å². The third-order valence-electron chi connectivity index (χ3n) is 0.743. The van der Waals surface area contributed by atoms with Crippen LogP contribution in [0.2, 0.25) is 0 Å². The molecule has 0 fully saturated rings. The third kappa shape index (κ3) is 9.64. The Morgan fingerprint density at radius 3 is 2.50 bits per heavy atom. The van der Waals surface area contributed by atoms with Gasteiger partial charge in [0.2, 0.25) is 0 Å². The Bertz CT molecular complexity index is 31.6. The van der Waals surface area contributed by atoms with Crippen LogP contribution in [0.5, 0.6) is 0 Å². The van der Waals surface area contributed by atoms with Crippen LogP contribution >= 0.6 is 0 Å². The highest BCUT2D eigenvalue weighted by molar-refractivity contribution is 4.26. The number of rotatable bonds is 4. The van der Waals surface area contributed by atoms with Gasteiger partial charge in [0.15, 0.2) is 0 Å². The molecule has 0 amide bonds. The second kappa shape index (κ2) is 10.4. The highest BCUT2D eigenvalue weighted by Gasteiger charge is 1.80. The highest BCUT2D eigenvalue weighted by atomic mass is 79.9. The summed E-state index contributed by atoms with van der Waals surface area (Å²) >= 11 is 0. The van der Waals surface area contributed by atoms with Crippen LogP contribution in [0.4, 0.5) is 0 Å². The molecule has 0 saturated carbocycles. The lowest BCUT2D eigenvalue weighted by atomic mass is 10.5. The van der Waals surface area contributed by atoms with Gasteiger partial charge in [0, 0.05) is 13.0 Å². The fourth-order valence-electron chi connectivity index (χ4n) is 0.348. The molecule has 8 heavy (non-hydrogen) atoms. The maximum absolute atomic E-state index is 5.03. The van der Waals surface area contributed by atoms with Crippen molar-refractivity contribution in [3.63, 3.8) is 0 Å². The molecule has 0 aromatic rings. The molecule has 0 saturated heterocycles. The molecule has 2 nitrogen and oxygen atoms in total. The lowest BCUT2D eigenvalue weighted by Crippen LogP contribution is -3.00. The first-order valence-corrected chi connectivity index (χ1v) is 2.78. The summed E-state index contributed by atoms with van der Waals surface area (Å²) in [6, 6.07) is 0. The molecule has 0 spiro atoms. The monoisotopic (exact) mass is 183 g/mol. The van der Waals surface area contributed by atoms with E-state index in [1.54, 1.807) is 0 Å². The molecule has 0 heterocycles. The highest BCUT2D eigenvalue weighted by Crippen LogP contribution is 1.75. The Labute approximate surface area is 61.2 Å². The summed E-state index contributed by atoms with van der Waals surface area (Å²) in [5.41, 5.74) is 3.68. The van der Waals surface area contributed by atoms with Crippen LogP contribution in [-0.2, 0) is 4.74 Å². The summed E-state index contributed by atoms with van der Waals surface area (Å²) in [5, 5.41) is 0. The van der Waals surface area contributed by atoms with Crippen molar-refractivity contribution in [1.29, 1.82) is 0 Å². The molecule has 0 bridgehead atoms. The maximum Gasteiger partial charge on any atom is 0.0762 e. The van der Waals surface area contributed by atoms with E-state index in [0.717, 1.165) is 26.2 Å². The fraction of sp³-hybridized carbons (Fsp3) is 1.00. The minimum Gasteiger partial charge on any atom is -1.00 e. The summed E-state index contributed by atoms with van der Waals surface area (Å²) in [6.45, 7) is 4.70. The van der Waals surface area contributed by atoms with Crippen LogP contribution in [0.3, 0.4) is 0 Å². The fourth-order valence-corrected chi connectivity index (χ4v) is 0.348. The van der Waals surface area contributed by atoms with E-state index in [1.165, 1.54) is 0 Å². The van der Waals surface area contributed by atoms with E-state index < -0.39 is 0 Å². The molecule has 0 aromatic heterocycles. The van der Waals surface area contributed by atoms with Crippen molar-refractivity contribution in [2.45, 2.75) is 13.3 Å². The van der Waals surface area contributed by atoms with E-state index in [0.29, 0.717) is 0 Å². The zero-order valence-corrected chi connectivity index (χ0v) is 6.91. The van der Waals surface area contributed by atoms with E-state index in [9.17, 15) is 0 Å². The van der Waals surface area contributed by atoms with Gasteiger partial charge in [-0.05, 0) is 6.92 Å². The van der Waals surface area contributed by atoms with Gasteiger partial charge < -0.3 is 27.5 Å². The molecule has 0 aliphatic carbocycles. The Morgan fingerprint density at radius 2 is 2.12 bits per heavy atom. The second-order valence-electron chi connectivity index (χ2n) is 1.40. The van der Waals surface area contributed by atoms with Crippen molar-refractivity contribution >= 4 is 0 Å². The SMILES string of the molecule is CCOCCC[NH3+].[Br-]. The summed E-state index contributed by atoms with van der Waals surface area (Å²) in [7, 11) is 0. The quantitative estimate of drug-likeness (QED) is 0.455. The Morgan fingerprint density at radius 1 is 1.50 bits per heavy atom. The zero-order chi connectivity index (χ0) is 5.54. The van der Waals surface area contributed by atoms with Crippen molar-refractivity contribution in [2.24, 2.45) is 0 Å². The predicted molar refractivity (Wildman–Crippen MR) is 28.9 cm³/mol. The molecule has 0 radical (unpaired) electrons. The molecule has 0 aliphatic rings. The zero-order valence-electron chi connectivity index (χ0n) is 5.32. The van der Waals surface area contributed by atoms with Crippen LogP contribution < -0.4 is 22.7 Å². The van der Waals surface area contributed by atoms with Gasteiger partial charge in [-0.25, -0.2) is 0 Å². The van der Waals surface area contributed by atoms with E-state index in [2.05, 4.69) is 5.73 Å². The van der Waals surface area contributed by atoms with E-state index >= 15 is 0 Å². The Hall–Kier alpha value is 0.400. The lowest BCUT2D eigenvalue weighted by Gasteiger charge is -1.93. The van der Waals surface area contributed by atoms with Crippen LogP contribution in [0.1, 0.15) is 13.3 Å². The number of hydrogen-bond donors (Lipinski definition) is 1. The number of hydrogen-bond acceptors (Lipinski definition) is 1. The van der Waals surface area contributed by atoms with E-state index in [4.69, 9.17) is 4.74 Å². The summed E-state index contributed by atoms with van der Waals surface area (Å²) in [5.74, 6) is 0. The van der Waals surface area contributed by atoms with Crippen molar-refractivity contribution < 1.29 is 27.5 Å². The smallest absolute Gasteiger partial charge is 0.0762 e. The average Bonchev–Trinajstić information content (AvgIpc) is 1.69. The first kappa shape index (κ1) is 11.2. The lowest BCUT2D eigenvalue weighted by molar-refractivity contribution is -0.369. The number of halogens is 1. The summed E-state index contributed by atoms with van der Waals surface area (Å²) in [4.78, 5) is 0. The van der Waals surface area contributed by atoms with Crippen molar-refractivity contribution in [3.8, 4) is 0 Å². The first-order valence-electron chi connectivity index (χ1n) is 2.78. The standard InChI is InChI=1S/C5H13NO.BrH/c1-2-7-5-3-4-6;/h2-6H2,1H3;1H.